The molecule has 0 fully saturated rings. The summed E-state index contributed by atoms with van der Waals surface area (Å²) in [6.45, 7) is 0. The first kappa shape index (κ1) is 24.1. The number of rotatable bonds is 9. The van der Waals surface area contributed by atoms with Crippen molar-refractivity contribution in [2.24, 2.45) is 0 Å². The summed E-state index contributed by atoms with van der Waals surface area (Å²) >= 11 is 6.17. The van der Waals surface area contributed by atoms with Crippen LogP contribution in [0.4, 0.5) is 0 Å². The molecule has 37 heavy (non-hydrogen) atoms. The van der Waals surface area contributed by atoms with Gasteiger partial charge in [-0.3, -0.25) is 9.59 Å². The molecule has 0 saturated heterocycles. The van der Waals surface area contributed by atoms with Crippen LogP contribution in [0, 0.1) is 0 Å². The van der Waals surface area contributed by atoms with Gasteiger partial charge in [0.05, 0.1) is 23.8 Å². The van der Waals surface area contributed by atoms with Crippen LogP contribution in [-0.2, 0) is 22.4 Å². The van der Waals surface area contributed by atoms with Gasteiger partial charge in [0.1, 0.15) is 6.33 Å². The van der Waals surface area contributed by atoms with Crippen LogP contribution < -0.4 is 5.32 Å². The highest BCUT2D eigenvalue weighted by Crippen LogP contribution is 2.21. The lowest BCUT2D eigenvalue weighted by Crippen LogP contribution is -2.42. The molecule has 3 aromatic carbocycles. The van der Waals surface area contributed by atoms with E-state index in [1.807, 2.05) is 48.5 Å². The summed E-state index contributed by atoms with van der Waals surface area (Å²) in [5.41, 5.74) is 3.35. The number of ketones is 1. The Hall–Kier alpha value is -4.63. The van der Waals surface area contributed by atoms with Crippen LogP contribution in [0.1, 0.15) is 16.8 Å². The largest absolute Gasteiger partial charge is 0.356 e. The summed E-state index contributed by atoms with van der Waals surface area (Å²) in [5.74, 6) is -0.608. The minimum Gasteiger partial charge on any atom is -0.356 e. The van der Waals surface area contributed by atoms with Gasteiger partial charge in [0.15, 0.2) is 11.4 Å². The molecule has 184 valence electrons. The van der Waals surface area contributed by atoms with E-state index in [-0.39, 0.29) is 12.2 Å². The summed E-state index contributed by atoms with van der Waals surface area (Å²) in [4.78, 5) is 26.3. The number of carbonyl (C=O) groups is 2. The monoisotopic (exact) mass is 512 g/mol. The Kier molecular flexibility index (Phi) is 7.14. The molecule has 9 nitrogen and oxygen atoms in total. The quantitative estimate of drug-likeness (QED) is 0.297. The molecule has 1 N–H and O–H groups in total. The number of amides is 1. The number of halogens is 1. The van der Waals surface area contributed by atoms with Crippen molar-refractivity contribution in [2.75, 3.05) is 0 Å². The number of benzene rings is 3. The van der Waals surface area contributed by atoms with E-state index in [0.29, 0.717) is 34.0 Å². The average Bonchev–Trinajstić information content (AvgIpc) is 3.59. The molecule has 0 aliphatic rings. The second-order valence-corrected chi connectivity index (χ2v) is 8.75. The molecule has 2 aromatic heterocycles. The van der Waals surface area contributed by atoms with E-state index >= 15 is 0 Å². The second-order valence-electron chi connectivity index (χ2n) is 8.31. The maximum Gasteiger partial charge on any atom is 0.244 e. The number of nitrogens with zero attached hydrogens (tertiary/aromatic N) is 5. The van der Waals surface area contributed by atoms with Crippen molar-refractivity contribution in [3.8, 4) is 5.69 Å². The predicted octanol–water partition coefficient (Wildman–Crippen LogP) is 4.01. The van der Waals surface area contributed by atoms with Crippen molar-refractivity contribution in [3.05, 3.63) is 107 Å². The zero-order valence-electron chi connectivity index (χ0n) is 19.5. The summed E-state index contributed by atoms with van der Waals surface area (Å²) in [6, 6.07) is 21.3. The van der Waals surface area contributed by atoms with Gasteiger partial charge in [0.25, 0.3) is 0 Å². The van der Waals surface area contributed by atoms with Gasteiger partial charge in [-0.25, -0.2) is 0 Å². The van der Waals surface area contributed by atoms with Crippen molar-refractivity contribution in [2.45, 2.75) is 18.9 Å². The number of aromatic nitrogens is 5. The van der Waals surface area contributed by atoms with Crippen LogP contribution in [-0.4, -0.2) is 43.1 Å². The minimum atomic E-state index is -0.770. The van der Waals surface area contributed by atoms with E-state index in [1.54, 1.807) is 30.3 Å². The molecular weight excluding hydrogens is 492 g/mol. The topological polar surface area (TPSA) is 116 Å². The van der Waals surface area contributed by atoms with Crippen molar-refractivity contribution >= 4 is 40.3 Å². The molecule has 5 aromatic rings. The smallest absolute Gasteiger partial charge is 0.244 e. The Bertz CT molecular complexity index is 1560. The van der Waals surface area contributed by atoms with Gasteiger partial charge in [-0.2, -0.15) is 4.68 Å². The molecule has 0 unspecified atom stereocenters. The number of carbonyl (C=O) groups excluding carboxylic acids is 2. The Labute approximate surface area is 216 Å². The van der Waals surface area contributed by atoms with Crippen LogP contribution in [0.5, 0.6) is 0 Å². The van der Waals surface area contributed by atoms with E-state index in [9.17, 15) is 9.59 Å². The summed E-state index contributed by atoms with van der Waals surface area (Å²) in [5, 5.41) is 19.4. The molecule has 0 bridgehead atoms. The molecule has 0 spiro atoms. The van der Waals surface area contributed by atoms with Crippen molar-refractivity contribution in [1.29, 1.82) is 0 Å². The Morgan fingerprint density at radius 3 is 2.68 bits per heavy atom. The standard InChI is InChI=1S/C27H21ClN6O3/c28-20-11-12-24(34-17-29-32-33-34)19(15-20)10-13-27(36)30-23(14-18-6-2-1-3-7-18)25(35)16-22-21-8-4-5-9-26(21)37-31-22/h1-13,15,17,23H,14,16H2,(H,30,36)/b13-10+/t23-/m0/s1. The number of para-hydroxylation sites is 1. The molecule has 1 amide bonds. The first-order chi connectivity index (χ1) is 18.1. The lowest BCUT2D eigenvalue weighted by Gasteiger charge is -2.17. The highest BCUT2D eigenvalue weighted by atomic mass is 35.5. The van der Waals surface area contributed by atoms with Gasteiger partial charge in [-0.1, -0.05) is 59.2 Å². The van der Waals surface area contributed by atoms with Crippen LogP contribution in [0.25, 0.3) is 22.7 Å². The zero-order valence-corrected chi connectivity index (χ0v) is 20.2. The number of nitrogens with one attached hydrogen (secondary N) is 1. The first-order valence-corrected chi connectivity index (χ1v) is 11.9. The van der Waals surface area contributed by atoms with E-state index in [1.165, 1.54) is 17.1 Å². The third-order valence-corrected chi connectivity index (χ3v) is 6.02. The maximum absolute atomic E-state index is 13.4. The van der Waals surface area contributed by atoms with Crippen molar-refractivity contribution in [3.63, 3.8) is 0 Å². The molecule has 1 atom stereocenters. The highest BCUT2D eigenvalue weighted by molar-refractivity contribution is 6.30. The van der Waals surface area contributed by atoms with Gasteiger partial charge in [0.2, 0.25) is 5.91 Å². The molecule has 0 aliphatic carbocycles. The molecule has 0 saturated carbocycles. The summed E-state index contributed by atoms with van der Waals surface area (Å²) in [7, 11) is 0. The maximum atomic E-state index is 13.4. The van der Waals surface area contributed by atoms with Crippen LogP contribution in [0.3, 0.4) is 0 Å². The summed E-state index contributed by atoms with van der Waals surface area (Å²) < 4.78 is 6.81. The third kappa shape index (κ3) is 5.79. The molecule has 10 heteroatoms. The van der Waals surface area contributed by atoms with Crippen LogP contribution in [0.15, 0.2) is 89.7 Å². The summed E-state index contributed by atoms with van der Waals surface area (Å²) in [6.07, 6.45) is 4.77. The third-order valence-electron chi connectivity index (χ3n) is 5.78. The Morgan fingerprint density at radius 1 is 1.05 bits per heavy atom. The second kappa shape index (κ2) is 11.0. The fraction of sp³-hybridized carbons (Fsp3) is 0.111. The normalized spacial score (nSPS) is 12.1. The van der Waals surface area contributed by atoms with Crippen LogP contribution >= 0.6 is 11.6 Å². The SMILES string of the molecule is O=C(/C=C/c1cc(Cl)ccc1-n1cnnn1)N[C@@H](Cc1ccccc1)C(=O)Cc1noc2ccccc12. The van der Waals surface area contributed by atoms with E-state index in [4.69, 9.17) is 16.1 Å². The number of tetrazole rings is 1. The van der Waals surface area contributed by atoms with Gasteiger partial charge >= 0.3 is 0 Å². The molecular formula is C27H21ClN6O3. The van der Waals surface area contributed by atoms with E-state index in [0.717, 1.165) is 10.9 Å². The van der Waals surface area contributed by atoms with E-state index in [2.05, 4.69) is 26.0 Å². The number of hydrogen-bond donors (Lipinski definition) is 1. The fourth-order valence-corrected chi connectivity index (χ4v) is 4.15. The van der Waals surface area contributed by atoms with E-state index < -0.39 is 11.9 Å². The zero-order chi connectivity index (χ0) is 25.6. The average molecular weight is 513 g/mol. The lowest BCUT2D eigenvalue weighted by molar-refractivity contribution is -0.125. The van der Waals surface area contributed by atoms with Gasteiger partial charge in [-0.05, 0) is 58.8 Å². The number of hydrogen-bond acceptors (Lipinski definition) is 7. The number of fused-ring (bicyclic) bond motifs is 1. The molecule has 0 aliphatic heterocycles. The molecule has 2 heterocycles. The van der Waals surface area contributed by atoms with Crippen LogP contribution in [0.2, 0.25) is 5.02 Å². The van der Waals surface area contributed by atoms with Crippen molar-refractivity contribution in [1.82, 2.24) is 30.7 Å². The van der Waals surface area contributed by atoms with Gasteiger partial charge in [-0.15, -0.1) is 5.10 Å². The minimum absolute atomic E-state index is 0.0241. The van der Waals surface area contributed by atoms with Crippen molar-refractivity contribution < 1.29 is 14.1 Å². The highest BCUT2D eigenvalue weighted by Gasteiger charge is 2.23. The lowest BCUT2D eigenvalue weighted by atomic mass is 9.98. The number of Topliss-reactive ketones (excluding diaryl/α,β-unsaturated/α-hetero) is 1. The Balaban J connectivity index is 1.36. The molecule has 0 radical (unpaired) electrons. The van der Waals surface area contributed by atoms with Gasteiger partial charge < -0.3 is 9.84 Å². The fourth-order valence-electron chi connectivity index (χ4n) is 3.97. The Morgan fingerprint density at radius 2 is 1.86 bits per heavy atom. The molecule has 5 rings (SSSR count). The predicted molar refractivity (Wildman–Crippen MR) is 138 cm³/mol. The first-order valence-electron chi connectivity index (χ1n) is 11.5. The van der Waals surface area contributed by atoms with Gasteiger partial charge in [0, 0.05) is 22.0 Å².